The first-order valence-corrected chi connectivity index (χ1v) is 9.03. The van der Waals surface area contributed by atoms with Crippen LogP contribution in [-0.4, -0.2) is 21.5 Å². The molecule has 0 saturated carbocycles. The van der Waals surface area contributed by atoms with E-state index >= 15 is 0 Å². The van der Waals surface area contributed by atoms with Crippen molar-refractivity contribution < 1.29 is 8.42 Å². The fraction of sp³-hybridized carbons (Fsp3) is 0.333. The fourth-order valence-electron chi connectivity index (χ4n) is 1.81. The van der Waals surface area contributed by atoms with Gasteiger partial charge in [-0.3, -0.25) is 4.31 Å². The van der Waals surface area contributed by atoms with Crippen molar-refractivity contribution in [3.63, 3.8) is 0 Å². The number of hydrogen-bond donors (Lipinski definition) is 1. The van der Waals surface area contributed by atoms with Crippen molar-refractivity contribution in [1.82, 2.24) is 5.32 Å². The fourth-order valence-corrected chi connectivity index (χ4v) is 4.48. The van der Waals surface area contributed by atoms with E-state index < -0.39 is 10.0 Å². The topological polar surface area (TPSA) is 49.4 Å². The molecule has 1 heterocycles. The Labute approximate surface area is 130 Å². The van der Waals surface area contributed by atoms with Crippen molar-refractivity contribution in [2.75, 3.05) is 11.4 Å². The highest BCUT2D eigenvalue weighted by Gasteiger charge is 2.23. The number of thiophene rings is 1. The normalized spacial score (nSPS) is 11.8. The second kappa shape index (κ2) is 6.60. The van der Waals surface area contributed by atoms with Gasteiger partial charge in [-0.15, -0.1) is 11.3 Å². The molecule has 0 aliphatic heterocycles. The van der Waals surface area contributed by atoms with E-state index in [4.69, 9.17) is 0 Å². The molecular weight excluding hydrogens is 304 g/mol. The van der Waals surface area contributed by atoms with Gasteiger partial charge in [0.1, 0.15) is 4.21 Å². The van der Waals surface area contributed by atoms with Gasteiger partial charge in [0.05, 0.1) is 5.69 Å². The third-order valence-electron chi connectivity index (χ3n) is 3.06. The minimum Gasteiger partial charge on any atom is -0.310 e. The minimum atomic E-state index is -3.49. The van der Waals surface area contributed by atoms with Crippen LogP contribution in [0.2, 0.25) is 0 Å². The Hall–Kier alpha value is -1.37. The standard InChI is InChI=1S/C15H20N2O2S2/c1-12(2)16-11-14-9-10-15(20-14)21(18,19)17(3)13-7-5-4-6-8-13/h4-10,12,16H,11H2,1-3H3. The number of nitrogens with zero attached hydrogens (tertiary/aromatic N) is 1. The van der Waals surface area contributed by atoms with E-state index in [-0.39, 0.29) is 0 Å². The van der Waals surface area contributed by atoms with Crippen LogP contribution in [0.5, 0.6) is 0 Å². The Morgan fingerprint density at radius 2 is 1.81 bits per heavy atom. The molecule has 114 valence electrons. The second-order valence-corrected chi connectivity index (χ2v) is 8.43. The summed E-state index contributed by atoms with van der Waals surface area (Å²) in [6.45, 7) is 4.82. The van der Waals surface area contributed by atoms with Crippen LogP contribution in [0.4, 0.5) is 5.69 Å². The maximum atomic E-state index is 12.6. The zero-order valence-electron chi connectivity index (χ0n) is 12.4. The molecule has 0 unspecified atom stereocenters. The minimum absolute atomic E-state index is 0.370. The lowest BCUT2D eigenvalue weighted by Crippen LogP contribution is -2.25. The Morgan fingerprint density at radius 1 is 1.14 bits per heavy atom. The number of hydrogen-bond acceptors (Lipinski definition) is 4. The molecule has 0 bridgehead atoms. The highest BCUT2D eigenvalue weighted by atomic mass is 32.2. The highest BCUT2D eigenvalue weighted by molar-refractivity contribution is 7.94. The van der Waals surface area contributed by atoms with Crippen molar-refractivity contribution in [2.24, 2.45) is 0 Å². The summed E-state index contributed by atoms with van der Waals surface area (Å²) >= 11 is 1.31. The Morgan fingerprint density at radius 3 is 2.43 bits per heavy atom. The van der Waals surface area contributed by atoms with Crippen LogP contribution in [0.1, 0.15) is 18.7 Å². The molecule has 0 aliphatic carbocycles. The van der Waals surface area contributed by atoms with Crippen LogP contribution in [0, 0.1) is 0 Å². The Kier molecular flexibility index (Phi) is 5.03. The predicted octanol–water partition coefficient (Wildman–Crippen LogP) is 3.07. The molecule has 0 saturated heterocycles. The van der Waals surface area contributed by atoms with Gasteiger partial charge >= 0.3 is 0 Å². The van der Waals surface area contributed by atoms with Crippen LogP contribution < -0.4 is 9.62 Å². The third kappa shape index (κ3) is 3.84. The first kappa shape index (κ1) is 16.0. The molecule has 21 heavy (non-hydrogen) atoms. The summed E-state index contributed by atoms with van der Waals surface area (Å²) in [4.78, 5) is 1.02. The van der Waals surface area contributed by atoms with Crippen LogP contribution in [-0.2, 0) is 16.6 Å². The predicted molar refractivity (Wildman–Crippen MR) is 88.3 cm³/mol. The van der Waals surface area contributed by atoms with Crippen LogP contribution in [0.15, 0.2) is 46.7 Å². The SMILES string of the molecule is CC(C)NCc1ccc(S(=O)(=O)N(C)c2ccccc2)s1. The van der Waals surface area contributed by atoms with Crippen molar-refractivity contribution in [2.45, 2.75) is 30.6 Å². The zero-order valence-corrected chi connectivity index (χ0v) is 14.0. The average Bonchev–Trinajstić information content (AvgIpc) is 2.95. The van der Waals surface area contributed by atoms with Crippen molar-refractivity contribution in [3.8, 4) is 0 Å². The van der Waals surface area contributed by atoms with Crippen molar-refractivity contribution >= 4 is 27.0 Å². The van der Waals surface area contributed by atoms with Gasteiger partial charge in [0, 0.05) is 24.5 Å². The summed E-state index contributed by atoms with van der Waals surface area (Å²) in [6, 6.07) is 13.0. The van der Waals surface area contributed by atoms with E-state index in [1.165, 1.54) is 15.6 Å². The molecular formula is C15H20N2O2S2. The molecule has 1 N–H and O–H groups in total. The van der Waals surface area contributed by atoms with Crippen molar-refractivity contribution in [1.29, 1.82) is 0 Å². The summed E-state index contributed by atoms with van der Waals surface area (Å²) < 4.78 is 26.9. The Balaban J connectivity index is 2.20. The van der Waals surface area contributed by atoms with E-state index in [1.54, 1.807) is 25.2 Å². The number of sulfonamides is 1. The number of nitrogens with one attached hydrogen (secondary N) is 1. The van der Waals surface area contributed by atoms with Crippen LogP contribution in [0.25, 0.3) is 0 Å². The van der Waals surface area contributed by atoms with Gasteiger partial charge in [-0.1, -0.05) is 32.0 Å². The van der Waals surface area contributed by atoms with Gasteiger partial charge in [-0.05, 0) is 24.3 Å². The van der Waals surface area contributed by atoms with Gasteiger partial charge in [-0.2, -0.15) is 0 Å². The molecule has 0 spiro atoms. The lowest BCUT2D eigenvalue weighted by molar-refractivity contribution is 0.593. The van der Waals surface area contributed by atoms with Crippen molar-refractivity contribution in [3.05, 3.63) is 47.3 Å². The number of anilines is 1. The van der Waals surface area contributed by atoms with Crippen LogP contribution >= 0.6 is 11.3 Å². The smallest absolute Gasteiger partial charge is 0.273 e. The molecule has 1 aromatic carbocycles. The first-order chi connectivity index (χ1) is 9.91. The third-order valence-corrected chi connectivity index (χ3v) is 6.39. The molecule has 0 aliphatic rings. The van der Waals surface area contributed by atoms with Crippen LogP contribution in [0.3, 0.4) is 0 Å². The summed E-state index contributed by atoms with van der Waals surface area (Å²) in [6.07, 6.45) is 0. The van der Waals surface area contributed by atoms with Gasteiger partial charge in [0.25, 0.3) is 10.0 Å². The van der Waals surface area contributed by atoms with E-state index in [1.807, 2.05) is 24.3 Å². The molecule has 2 rings (SSSR count). The Bertz CT molecular complexity index is 679. The monoisotopic (exact) mass is 324 g/mol. The highest BCUT2D eigenvalue weighted by Crippen LogP contribution is 2.27. The van der Waals surface area contributed by atoms with Gasteiger partial charge in [0.2, 0.25) is 0 Å². The summed E-state index contributed by atoms with van der Waals surface area (Å²) in [5, 5.41) is 3.29. The molecule has 0 radical (unpaired) electrons. The largest absolute Gasteiger partial charge is 0.310 e. The summed E-state index contributed by atoms with van der Waals surface area (Å²) in [5.74, 6) is 0. The van der Waals surface area contributed by atoms with Gasteiger partial charge < -0.3 is 5.32 Å². The number of benzene rings is 1. The lowest BCUT2D eigenvalue weighted by atomic mass is 10.3. The average molecular weight is 324 g/mol. The molecule has 0 fully saturated rings. The lowest BCUT2D eigenvalue weighted by Gasteiger charge is -2.18. The maximum Gasteiger partial charge on any atom is 0.273 e. The molecule has 0 amide bonds. The summed E-state index contributed by atoms with van der Waals surface area (Å²) in [7, 11) is -1.91. The number of rotatable bonds is 6. The molecule has 2 aromatic rings. The van der Waals surface area contributed by atoms with E-state index in [2.05, 4.69) is 19.2 Å². The maximum absolute atomic E-state index is 12.6. The second-order valence-electron chi connectivity index (χ2n) is 5.06. The first-order valence-electron chi connectivity index (χ1n) is 6.77. The molecule has 1 aromatic heterocycles. The van der Waals surface area contributed by atoms with Gasteiger partial charge in [-0.25, -0.2) is 8.42 Å². The molecule has 6 heteroatoms. The van der Waals surface area contributed by atoms with E-state index in [9.17, 15) is 8.42 Å². The summed E-state index contributed by atoms with van der Waals surface area (Å²) in [5.41, 5.74) is 0.660. The number of para-hydroxylation sites is 1. The molecule has 4 nitrogen and oxygen atoms in total. The van der Waals surface area contributed by atoms with E-state index in [0.717, 1.165) is 4.88 Å². The molecule has 0 atom stereocenters. The quantitative estimate of drug-likeness (QED) is 0.888. The van der Waals surface area contributed by atoms with E-state index in [0.29, 0.717) is 22.5 Å². The van der Waals surface area contributed by atoms with Gasteiger partial charge in [0.15, 0.2) is 0 Å². The zero-order chi connectivity index (χ0) is 15.5.